The zero-order valence-corrected chi connectivity index (χ0v) is 23.5. The molecule has 0 fully saturated rings. The summed E-state index contributed by atoms with van der Waals surface area (Å²) in [4.78, 5) is 88.9. The number of primary amides is 1. The molecule has 0 saturated heterocycles. The highest BCUT2D eigenvalue weighted by Gasteiger charge is 2.33. The maximum atomic E-state index is 13.4. The number of hydrogen-bond donors (Lipinski definition) is 11. The first-order chi connectivity index (χ1) is 20.3. The number of amides is 5. The standard InChI is InChI=1S/C25H33N7O10S/c26-13(10-43)21(37)29-15(5-11-8-28-14-4-2-1-3-12(11)14)22(38)30-16(6-19(27)34)23(39)31-17(7-20(35)36)24(40)32-18(9-33)25(41)42/h1-4,8,13,15-18,28,33,43H,5-7,9-10,26H2,(H2,27,34)(H,29,37)(H,30,38)(H,31,39)(H,32,40)(H,35,36)(H,41,42)/t13-,15-,16-,17-,18-/m0/s1. The largest absolute Gasteiger partial charge is 0.481 e. The molecule has 0 saturated carbocycles. The third-order valence-electron chi connectivity index (χ3n) is 6.11. The van der Waals surface area contributed by atoms with Crippen molar-refractivity contribution in [1.82, 2.24) is 26.3 Å². The lowest BCUT2D eigenvalue weighted by Crippen LogP contribution is -2.59. The van der Waals surface area contributed by atoms with Crippen LogP contribution < -0.4 is 32.7 Å². The van der Waals surface area contributed by atoms with Crippen molar-refractivity contribution in [3.8, 4) is 0 Å². The van der Waals surface area contributed by atoms with Gasteiger partial charge in [-0.25, -0.2) is 4.79 Å². The number of para-hydroxylation sites is 1. The number of hydrogen-bond acceptors (Lipinski definition) is 10. The van der Waals surface area contributed by atoms with Gasteiger partial charge in [0, 0.05) is 29.3 Å². The van der Waals surface area contributed by atoms with Crippen LogP contribution in [0.4, 0.5) is 0 Å². The van der Waals surface area contributed by atoms with Gasteiger partial charge in [0.2, 0.25) is 29.5 Å². The molecular formula is C25H33N7O10S. The maximum Gasteiger partial charge on any atom is 0.328 e. The van der Waals surface area contributed by atoms with Crippen molar-refractivity contribution >= 4 is 65.0 Å². The van der Waals surface area contributed by atoms with E-state index in [1.165, 1.54) is 0 Å². The number of carboxylic acids is 2. The van der Waals surface area contributed by atoms with E-state index in [2.05, 4.69) is 33.6 Å². The molecular weight excluding hydrogens is 590 g/mol. The molecule has 43 heavy (non-hydrogen) atoms. The number of carbonyl (C=O) groups is 7. The molecule has 0 aliphatic heterocycles. The number of thiol groups is 1. The number of fused-ring (bicyclic) bond motifs is 1. The Morgan fingerprint density at radius 3 is 1.88 bits per heavy atom. The molecule has 17 nitrogen and oxygen atoms in total. The fourth-order valence-corrected chi connectivity index (χ4v) is 4.05. The minimum absolute atomic E-state index is 0.0496. The lowest BCUT2D eigenvalue weighted by atomic mass is 10.0. The second-order valence-electron chi connectivity index (χ2n) is 9.39. The van der Waals surface area contributed by atoms with Gasteiger partial charge < -0.3 is 53.0 Å². The number of benzene rings is 1. The number of aromatic amines is 1. The van der Waals surface area contributed by atoms with Crippen LogP contribution in [0.1, 0.15) is 18.4 Å². The fraction of sp³-hybridized carbons (Fsp3) is 0.400. The van der Waals surface area contributed by atoms with E-state index in [9.17, 15) is 38.7 Å². The Labute approximate surface area is 249 Å². The Hall–Kier alpha value is -4.68. The van der Waals surface area contributed by atoms with E-state index in [4.69, 9.17) is 21.7 Å². The van der Waals surface area contributed by atoms with Crippen LogP contribution in [0.3, 0.4) is 0 Å². The quantitative estimate of drug-likeness (QED) is 0.0763. The Bertz CT molecular complexity index is 1370. The molecule has 0 bridgehead atoms. The minimum Gasteiger partial charge on any atom is -0.481 e. The summed E-state index contributed by atoms with van der Waals surface area (Å²) in [6, 6.07) is -0.727. The SMILES string of the molecule is NC(=O)C[C@H](NC(=O)[C@H](Cc1c[nH]c2ccccc12)NC(=O)[C@@H](N)CS)C(=O)N[C@@H](CC(=O)O)C(=O)N[C@@H](CO)C(=O)O. The molecule has 0 aliphatic rings. The summed E-state index contributed by atoms with van der Waals surface area (Å²) in [7, 11) is 0. The van der Waals surface area contributed by atoms with Gasteiger partial charge in [0.05, 0.1) is 25.5 Å². The van der Waals surface area contributed by atoms with Crippen LogP contribution in [0.5, 0.6) is 0 Å². The van der Waals surface area contributed by atoms with Crippen LogP contribution >= 0.6 is 12.6 Å². The van der Waals surface area contributed by atoms with Crippen LogP contribution in [0, 0.1) is 0 Å². The summed E-state index contributed by atoms with van der Waals surface area (Å²) >= 11 is 3.98. The van der Waals surface area contributed by atoms with Crippen LogP contribution in [0.15, 0.2) is 30.5 Å². The summed E-state index contributed by atoms with van der Waals surface area (Å²) in [5.41, 5.74) is 12.3. The zero-order chi connectivity index (χ0) is 32.3. The Balaban J connectivity index is 2.32. The third-order valence-corrected chi connectivity index (χ3v) is 6.51. The lowest BCUT2D eigenvalue weighted by molar-refractivity contribution is -0.144. The van der Waals surface area contributed by atoms with E-state index in [-0.39, 0.29) is 12.2 Å². The van der Waals surface area contributed by atoms with Crippen molar-refractivity contribution in [2.24, 2.45) is 11.5 Å². The highest BCUT2D eigenvalue weighted by Crippen LogP contribution is 2.19. The summed E-state index contributed by atoms with van der Waals surface area (Å²) < 4.78 is 0. The number of nitrogens with one attached hydrogen (secondary N) is 5. The average Bonchev–Trinajstić information content (AvgIpc) is 3.35. The molecule has 2 rings (SSSR count). The van der Waals surface area contributed by atoms with Crippen LogP contribution in [0.2, 0.25) is 0 Å². The maximum absolute atomic E-state index is 13.4. The molecule has 1 aromatic heterocycles. The number of aliphatic hydroxyl groups excluding tert-OH is 1. The normalized spacial score (nSPS) is 14.4. The second kappa shape index (κ2) is 16.1. The molecule has 18 heteroatoms. The number of aliphatic hydroxyl groups is 1. The number of aromatic nitrogens is 1. The molecule has 1 aromatic carbocycles. The highest BCUT2D eigenvalue weighted by atomic mass is 32.1. The van der Waals surface area contributed by atoms with Gasteiger partial charge in [-0.1, -0.05) is 18.2 Å². The van der Waals surface area contributed by atoms with Crippen LogP contribution in [-0.2, 0) is 40.0 Å². The van der Waals surface area contributed by atoms with Gasteiger partial charge in [-0.2, -0.15) is 12.6 Å². The van der Waals surface area contributed by atoms with Gasteiger partial charge >= 0.3 is 11.9 Å². The Morgan fingerprint density at radius 2 is 1.35 bits per heavy atom. The summed E-state index contributed by atoms with van der Waals surface area (Å²) in [5.74, 6) is -8.46. The fourth-order valence-electron chi connectivity index (χ4n) is 3.89. The number of carboxylic acid groups (broad SMARTS) is 2. The number of carbonyl (C=O) groups excluding carboxylic acids is 5. The summed E-state index contributed by atoms with van der Waals surface area (Å²) in [5, 5.41) is 36.8. The highest BCUT2D eigenvalue weighted by molar-refractivity contribution is 7.80. The third kappa shape index (κ3) is 10.3. The van der Waals surface area contributed by atoms with Crippen molar-refractivity contribution in [3.63, 3.8) is 0 Å². The van der Waals surface area contributed by atoms with Gasteiger partial charge in [0.25, 0.3) is 0 Å². The molecule has 1 heterocycles. The van der Waals surface area contributed by atoms with Gasteiger partial charge in [-0.15, -0.1) is 0 Å². The van der Waals surface area contributed by atoms with Crippen LogP contribution in [0.25, 0.3) is 10.9 Å². The lowest BCUT2D eigenvalue weighted by Gasteiger charge is -2.25. The molecule has 234 valence electrons. The zero-order valence-electron chi connectivity index (χ0n) is 22.6. The van der Waals surface area contributed by atoms with E-state index in [0.29, 0.717) is 5.56 Å². The molecule has 0 radical (unpaired) electrons. The van der Waals surface area contributed by atoms with Gasteiger partial charge in [-0.3, -0.25) is 28.8 Å². The molecule has 5 atom stereocenters. The van der Waals surface area contributed by atoms with E-state index in [0.717, 1.165) is 10.9 Å². The predicted molar refractivity (Wildman–Crippen MR) is 152 cm³/mol. The van der Waals surface area contributed by atoms with Crippen LogP contribution in [-0.4, -0.2) is 104 Å². The first-order valence-corrected chi connectivity index (χ1v) is 13.4. The minimum atomic E-state index is -1.87. The van der Waals surface area contributed by atoms with Crippen molar-refractivity contribution in [1.29, 1.82) is 0 Å². The van der Waals surface area contributed by atoms with E-state index >= 15 is 0 Å². The first-order valence-electron chi connectivity index (χ1n) is 12.7. The number of rotatable bonds is 17. The van der Waals surface area contributed by atoms with Gasteiger partial charge in [-0.05, 0) is 11.6 Å². The molecule has 5 amide bonds. The summed E-state index contributed by atoms with van der Waals surface area (Å²) in [6.45, 7) is -1.03. The Kier molecular flexibility index (Phi) is 12.9. The molecule has 2 aromatic rings. The van der Waals surface area contributed by atoms with E-state index in [1.54, 1.807) is 30.5 Å². The van der Waals surface area contributed by atoms with Crippen molar-refractivity contribution in [2.75, 3.05) is 12.4 Å². The number of aliphatic carboxylic acids is 2. The average molecular weight is 624 g/mol. The molecule has 12 N–H and O–H groups in total. The van der Waals surface area contributed by atoms with E-state index in [1.807, 2.05) is 5.32 Å². The summed E-state index contributed by atoms with van der Waals surface area (Å²) in [6.07, 6.45) is -0.284. The molecule has 0 unspecified atom stereocenters. The Morgan fingerprint density at radius 1 is 0.814 bits per heavy atom. The second-order valence-corrected chi connectivity index (χ2v) is 9.75. The van der Waals surface area contributed by atoms with Crippen molar-refractivity contribution in [3.05, 3.63) is 36.0 Å². The van der Waals surface area contributed by atoms with E-state index < -0.39 is 91.1 Å². The smallest absolute Gasteiger partial charge is 0.328 e. The number of nitrogens with two attached hydrogens (primary N) is 2. The number of H-pyrrole nitrogens is 1. The topological polar surface area (TPSA) is 296 Å². The molecule has 0 spiro atoms. The first kappa shape index (κ1) is 34.5. The predicted octanol–water partition coefficient (Wildman–Crippen LogP) is -3.67. The van der Waals surface area contributed by atoms with Gasteiger partial charge in [0.15, 0.2) is 0 Å². The monoisotopic (exact) mass is 623 g/mol. The van der Waals surface area contributed by atoms with Crippen molar-refractivity contribution in [2.45, 2.75) is 49.5 Å². The molecule has 0 aliphatic carbocycles. The van der Waals surface area contributed by atoms with Gasteiger partial charge in [0.1, 0.15) is 24.2 Å². The van der Waals surface area contributed by atoms with Crippen molar-refractivity contribution < 1.29 is 48.9 Å².